The van der Waals surface area contributed by atoms with Gasteiger partial charge in [-0.25, -0.2) is 9.78 Å². The Labute approximate surface area is 300 Å². The van der Waals surface area contributed by atoms with E-state index in [1.165, 1.54) is 24.0 Å². The lowest BCUT2D eigenvalue weighted by Crippen LogP contribution is -2.50. The van der Waals surface area contributed by atoms with Gasteiger partial charge in [0.05, 0.1) is 41.7 Å². The van der Waals surface area contributed by atoms with Gasteiger partial charge in [-0.15, -0.1) is 0 Å². The standard InChI is InChI=1S/C38H40N10O4/c1-52-33-17-31-29(15-32(33)42-37(50)28-14-25(18-39)19-40-20-28)23-48(44-31)30-4-2-24(3-5-30)22-45-10-6-26(7-11-45)27-8-12-46-34(16-27)41-21-36(46)47-13-9-35(49)43-38(47)51/h8,12,14-17,19-21,23-24,26,30H,2-7,9-11,13,22H2,1H3,(H,42,50)(H,43,49,51)/t24-,30-. The van der Waals surface area contributed by atoms with Crippen LogP contribution in [0, 0.1) is 17.2 Å². The molecule has 4 aromatic heterocycles. The number of nitrogens with zero attached hydrogens (tertiary/aromatic N) is 8. The highest BCUT2D eigenvalue weighted by molar-refractivity contribution is 6.06. The minimum absolute atomic E-state index is 0.248. The molecule has 3 aliphatic rings. The second-order valence-corrected chi connectivity index (χ2v) is 14.1. The summed E-state index contributed by atoms with van der Waals surface area (Å²) in [6, 6.07) is 11.5. The number of imide groups is 1. The van der Waals surface area contributed by atoms with Crippen LogP contribution in [0.3, 0.4) is 0 Å². The maximum Gasteiger partial charge on any atom is 0.329 e. The van der Waals surface area contributed by atoms with Crippen LogP contribution in [0.1, 0.15) is 78.4 Å². The predicted octanol–water partition coefficient (Wildman–Crippen LogP) is 5.27. The van der Waals surface area contributed by atoms with Gasteiger partial charge in [-0.1, -0.05) is 0 Å². The number of aromatic nitrogens is 5. The normalized spacial score (nSPS) is 20.2. The Bertz CT molecular complexity index is 2200. The number of hydrogen-bond donors (Lipinski definition) is 2. The van der Waals surface area contributed by atoms with Gasteiger partial charge in [0.1, 0.15) is 23.3 Å². The van der Waals surface area contributed by atoms with Gasteiger partial charge in [-0.3, -0.25) is 33.9 Å². The summed E-state index contributed by atoms with van der Waals surface area (Å²) >= 11 is 0. The molecule has 0 atom stereocenters. The predicted molar refractivity (Wildman–Crippen MR) is 193 cm³/mol. The summed E-state index contributed by atoms with van der Waals surface area (Å²) in [4.78, 5) is 49.7. The molecule has 2 aliphatic heterocycles. The van der Waals surface area contributed by atoms with E-state index in [0.717, 1.165) is 74.7 Å². The Balaban J connectivity index is 0.842. The molecule has 8 rings (SSSR count). The number of anilines is 2. The van der Waals surface area contributed by atoms with E-state index in [9.17, 15) is 19.6 Å². The van der Waals surface area contributed by atoms with Gasteiger partial charge in [-0.05, 0) is 93.3 Å². The molecule has 14 nitrogen and oxygen atoms in total. The number of carbonyl (C=O) groups is 3. The number of likely N-dealkylation sites (tertiary alicyclic amines) is 1. The lowest BCUT2D eigenvalue weighted by molar-refractivity contribution is -0.120. The molecule has 0 spiro atoms. The number of benzene rings is 1. The number of piperidine rings is 1. The highest BCUT2D eigenvalue weighted by atomic mass is 16.5. The van der Waals surface area contributed by atoms with Crippen LogP contribution < -0.4 is 20.3 Å². The zero-order valence-electron chi connectivity index (χ0n) is 29.0. The number of pyridine rings is 2. The molecular weight excluding hydrogens is 660 g/mol. The van der Waals surface area contributed by atoms with E-state index in [-0.39, 0.29) is 18.2 Å². The van der Waals surface area contributed by atoms with Gasteiger partial charge in [0.2, 0.25) is 5.91 Å². The first-order valence-electron chi connectivity index (χ1n) is 17.9. The molecular formula is C38H40N10O4. The molecule has 6 heterocycles. The fraction of sp³-hybridized carbons (Fsp3) is 0.395. The first-order valence-corrected chi connectivity index (χ1v) is 17.9. The fourth-order valence-corrected chi connectivity index (χ4v) is 7.97. The Morgan fingerprint density at radius 3 is 2.63 bits per heavy atom. The summed E-state index contributed by atoms with van der Waals surface area (Å²) < 4.78 is 9.59. The van der Waals surface area contributed by atoms with Crippen LogP contribution >= 0.6 is 0 Å². The quantitative estimate of drug-likeness (QED) is 0.220. The molecule has 5 aromatic rings. The molecule has 1 saturated carbocycles. The summed E-state index contributed by atoms with van der Waals surface area (Å²) in [5.74, 6) is 1.71. The number of nitrogens with one attached hydrogen (secondary N) is 2. The minimum Gasteiger partial charge on any atom is -0.494 e. The smallest absolute Gasteiger partial charge is 0.329 e. The third-order valence-corrected chi connectivity index (χ3v) is 10.8. The second-order valence-electron chi connectivity index (χ2n) is 14.1. The van der Waals surface area contributed by atoms with Gasteiger partial charge >= 0.3 is 6.03 Å². The summed E-state index contributed by atoms with van der Waals surface area (Å²) in [5, 5.41) is 20.3. The highest BCUT2D eigenvalue weighted by Crippen LogP contribution is 2.37. The third-order valence-electron chi connectivity index (χ3n) is 10.8. The number of amides is 4. The molecule has 2 saturated heterocycles. The summed E-state index contributed by atoms with van der Waals surface area (Å²) in [5.41, 5.74) is 4.06. The van der Waals surface area contributed by atoms with Gasteiger partial charge in [0.25, 0.3) is 5.91 Å². The molecule has 4 amide bonds. The largest absolute Gasteiger partial charge is 0.494 e. The van der Waals surface area contributed by atoms with Gasteiger partial charge < -0.3 is 15.0 Å². The van der Waals surface area contributed by atoms with E-state index in [1.54, 1.807) is 18.2 Å². The van der Waals surface area contributed by atoms with Crippen molar-refractivity contribution in [3.8, 4) is 11.8 Å². The number of imidazole rings is 1. The Hall–Kier alpha value is -5.81. The lowest BCUT2D eigenvalue weighted by atomic mass is 9.84. The molecule has 266 valence electrons. The number of rotatable bonds is 8. The van der Waals surface area contributed by atoms with Crippen molar-refractivity contribution >= 4 is 45.9 Å². The van der Waals surface area contributed by atoms with Crippen LogP contribution in [0.15, 0.2) is 61.3 Å². The van der Waals surface area contributed by atoms with Crippen molar-refractivity contribution in [2.75, 3.05) is 43.5 Å². The first kappa shape index (κ1) is 33.3. The molecule has 3 fully saturated rings. The average Bonchev–Trinajstić information content (AvgIpc) is 3.79. The zero-order chi connectivity index (χ0) is 35.8. The van der Waals surface area contributed by atoms with Crippen molar-refractivity contribution in [3.05, 3.63) is 78.0 Å². The van der Waals surface area contributed by atoms with Crippen LogP contribution in [0.25, 0.3) is 16.6 Å². The zero-order valence-corrected chi connectivity index (χ0v) is 29.0. The maximum absolute atomic E-state index is 12.9. The average molecular weight is 701 g/mol. The number of ether oxygens (including phenoxy) is 1. The van der Waals surface area contributed by atoms with Gasteiger partial charge in [0.15, 0.2) is 0 Å². The van der Waals surface area contributed by atoms with E-state index >= 15 is 0 Å². The van der Waals surface area contributed by atoms with Crippen LogP contribution in [0.5, 0.6) is 5.75 Å². The number of nitriles is 1. The van der Waals surface area contributed by atoms with E-state index in [4.69, 9.17) is 9.84 Å². The monoisotopic (exact) mass is 700 g/mol. The SMILES string of the molecule is COc1cc2nn([C@H]3CC[C@H](CN4CCC(c5ccn6c(N7CCC(=O)NC7=O)cnc6c5)CC4)CC3)cc2cc1NC(=O)c1cncc(C#N)c1. The molecule has 1 aromatic carbocycles. The van der Waals surface area contributed by atoms with Crippen LogP contribution in [-0.2, 0) is 4.79 Å². The molecule has 2 N–H and O–H groups in total. The number of fused-ring (bicyclic) bond motifs is 2. The number of methoxy groups -OCH3 is 1. The Morgan fingerprint density at radius 2 is 1.87 bits per heavy atom. The maximum atomic E-state index is 12.9. The molecule has 52 heavy (non-hydrogen) atoms. The molecule has 0 unspecified atom stereocenters. The molecule has 14 heteroatoms. The van der Waals surface area contributed by atoms with E-state index in [1.807, 2.05) is 28.8 Å². The number of urea groups is 1. The lowest BCUT2D eigenvalue weighted by Gasteiger charge is -2.36. The fourth-order valence-electron chi connectivity index (χ4n) is 7.97. The minimum atomic E-state index is -0.406. The molecule has 0 bridgehead atoms. The van der Waals surface area contributed by atoms with E-state index in [0.29, 0.717) is 52.8 Å². The second kappa shape index (κ2) is 14.1. The summed E-state index contributed by atoms with van der Waals surface area (Å²) in [7, 11) is 1.57. The van der Waals surface area contributed by atoms with Gasteiger partial charge in [0, 0.05) is 55.8 Å². The van der Waals surface area contributed by atoms with E-state index in [2.05, 4.69) is 48.5 Å². The van der Waals surface area contributed by atoms with Crippen molar-refractivity contribution in [2.24, 2.45) is 5.92 Å². The van der Waals surface area contributed by atoms with Crippen molar-refractivity contribution in [3.63, 3.8) is 0 Å². The first-order chi connectivity index (χ1) is 25.3. The molecule has 0 radical (unpaired) electrons. The van der Waals surface area contributed by atoms with Gasteiger partial charge in [-0.2, -0.15) is 10.4 Å². The van der Waals surface area contributed by atoms with E-state index < -0.39 is 6.03 Å². The van der Waals surface area contributed by atoms with Crippen molar-refractivity contribution in [2.45, 2.75) is 56.9 Å². The number of hydrogen-bond acceptors (Lipinski definition) is 9. The summed E-state index contributed by atoms with van der Waals surface area (Å²) in [6.45, 7) is 3.61. The van der Waals surface area contributed by atoms with Crippen molar-refractivity contribution < 1.29 is 19.1 Å². The highest BCUT2D eigenvalue weighted by Gasteiger charge is 2.29. The summed E-state index contributed by atoms with van der Waals surface area (Å²) in [6.07, 6.45) is 15.5. The number of carbonyl (C=O) groups excluding carboxylic acids is 3. The molecule has 1 aliphatic carbocycles. The van der Waals surface area contributed by atoms with Crippen molar-refractivity contribution in [1.29, 1.82) is 5.26 Å². The third kappa shape index (κ3) is 6.67. The topological polar surface area (TPSA) is 163 Å². The van der Waals surface area contributed by atoms with Crippen LogP contribution in [0.4, 0.5) is 16.3 Å². The van der Waals surface area contributed by atoms with Crippen molar-refractivity contribution in [1.82, 2.24) is 34.4 Å². The van der Waals surface area contributed by atoms with Crippen LogP contribution in [0.2, 0.25) is 0 Å². The Morgan fingerprint density at radius 1 is 1.04 bits per heavy atom. The van der Waals surface area contributed by atoms with Crippen LogP contribution in [-0.4, -0.2) is 80.2 Å². The Kier molecular flexibility index (Phi) is 9.02.